The van der Waals surface area contributed by atoms with Crippen LogP contribution in [0.4, 0.5) is 4.79 Å². The second-order valence-electron chi connectivity index (χ2n) is 4.28. The van der Waals surface area contributed by atoms with Crippen molar-refractivity contribution in [3.8, 4) is 0 Å². The number of rotatable bonds is 4. The molecule has 2 amide bonds. The molecule has 1 aliphatic heterocycles. The summed E-state index contributed by atoms with van der Waals surface area (Å²) in [6, 6.07) is 6.39. The molecule has 1 atom stereocenters. The van der Waals surface area contributed by atoms with Gasteiger partial charge in [-0.25, -0.2) is 4.79 Å². The third-order valence-corrected chi connectivity index (χ3v) is 3.26. The third-order valence-electron chi connectivity index (χ3n) is 2.93. The van der Waals surface area contributed by atoms with Gasteiger partial charge in [0.1, 0.15) is 0 Å². The predicted octanol–water partition coefficient (Wildman–Crippen LogP) is 2.47. The van der Waals surface area contributed by atoms with Crippen LogP contribution in [0.5, 0.6) is 0 Å². The molecule has 1 aliphatic rings. The molecule has 6 heteroatoms. The Hall–Kier alpha value is -1.85. The molecule has 0 aliphatic carbocycles. The lowest BCUT2D eigenvalue weighted by atomic mass is 9.99. The quantitative estimate of drug-likeness (QED) is 0.838. The van der Waals surface area contributed by atoms with Crippen molar-refractivity contribution in [2.45, 2.75) is 20.1 Å². The summed E-state index contributed by atoms with van der Waals surface area (Å²) in [4.78, 5) is 24.1. The van der Waals surface area contributed by atoms with Gasteiger partial charge in [0.25, 0.3) is 0 Å². The molecule has 1 aromatic rings. The zero-order valence-corrected chi connectivity index (χ0v) is 12.0. The Balaban J connectivity index is 2.42. The number of carbonyl (C=O) groups is 2. The van der Waals surface area contributed by atoms with Gasteiger partial charge in [-0.2, -0.15) is 0 Å². The number of nitrogens with one attached hydrogen (secondary N) is 2. The van der Waals surface area contributed by atoms with Crippen molar-refractivity contribution in [3.63, 3.8) is 0 Å². The standard InChI is InChI=1S/C14H15ClN2O3/c1-3-20-13-11(8(2)16-14(19)17-13)12(18)9-6-4-5-7-10(9)15/h4-7,13H,3H2,1-2H3,(H2,16,17,19). The highest BCUT2D eigenvalue weighted by Gasteiger charge is 2.31. The lowest BCUT2D eigenvalue weighted by Gasteiger charge is -2.28. The monoisotopic (exact) mass is 294 g/mol. The number of halogens is 1. The van der Waals surface area contributed by atoms with E-state index in [-0.39, 0.29) is 5.78 Å². The van der Waals surface area contributed by atoms with Crippen molar-refractivity contribution in [3.05, 3.63) is 46.1 Å². The van der Waals surface area contributed by atoms with Crippen molar-refractivity contribution in [2.24, 2.45) is 0 Å². The Kier molecular flexibility index (Phi) is 4.42. The Morgan fingerprint density at radius 3 is 2.75 bits per heavy atom. The Bertz CT molecular complexity index is 584. The predicted molar refractivity (Wildman–Crippen MR) is 75.6 cm³/mol. The van der Waals surface area contributed by atoms with Crippen molar-refractivity contribution >= 4 is 23.4 Å². The first-order valence-corrected chi connectivity index (χ1v) is 6.61. The van der Waals surface area contributed by atoms with Gasteiger partial charge in [0, 0.05) is 17.9 Å². The van der Waals surface area contributed by atoms with Crippen molar-refractivity contribution in [1.29, 1.82) is 0 Å². The van der Waals surface area contributed by atoms with Crippen LogP contribution in [0.3, 0.4) is 0 Å². The summed E-state index contributed by atoms with van der Waals surface area (Å²) in [6.45, 7) is 3.83. The van der Waals surface area contributed by atoms with Crippen LogP contribution < -0.4 is 10.6 Å². The van der Waals surface area contributed by atoms with Crippen LogP contribution in [0.1, 0.15) is 24.2 Å². The van der Waals surface area contributed by atoms with Gasteiger partial charge in [-0.1, -0.05) is 23.7 Å². The number of ketones is 1. The average Bonchev–Trinajstić information content (AvgIpc) is 2.38. The molecular formula is C14H15ClN2O3. The molecule has 2 N–H and O–H groups in total. The van der Waals surface area contributed by atoms with Crippen LogP contribution >= 0.6 is 11.6 Å². The Labute approximate surface area is 121 Å². The average molecular weight is 295 g/mol. The topological polar surface area (TPSA) is 67.4 Å². The smallest absolute Gasteiger partial charge is 0.321 e. The van der Waals surface area contributed by atoms with Crippen LogP contribution in [0.2, 0.25) is 5.02 Å². The van der Waals surface area contributed by atoms with E-state index < -0.39 is 12.3 Å². The highest BCUT2D eigenvalue weighted by molar-refractivity contribution is 6.35. The fourth-order valence-corrected chi connectivity index (χ4v) is 2.25. The summed E-state index contributed by atoms with van der Waals surface area (Å²) in [6.07, 6.45) is -0.766. The van der Waals surface area contributed by atoms with Crippen LogP contribution in [0, 0.1) is 0 Å². The van der Waals surface area contributed by atoms with Crippen LogP contribution in [0.15, 0.2) is 35.5 Å². The number of allylic oxidation sites excluding steroid dienone is 1. The van der Waals surface area contributed by atoms with E-state index in [1.54, 1.807) is 38.1 Å². The first-order valence-electron chi connectivity index (χ1n) is 6.23. The molecule has 2 rings (SSSR count). The highest BCUT2D eigenvalue weighted by atomic mass is 35.5. The maximum absolute atomic E-state index is 12.6. The number of Topliss-reactive ketones (excluding diaryl/α,β-unsaturated/α-hetero) is 1. The summed E-state index contributed by atoms with van der Waals surface area (Å²) in [5.41, 5.74) is 1.21. The second kappa shape index (κ2) is 6.07. The van der Waals surface area contributed by atoms with Crippen molar-refractivity contribution in [2.75, 3.05) is 6.61 Å². The molecule has 0 saturated heterocycles. The molecule has 0 fully saturated rings. The summed E-state index contributed by atoms with van der Waals surface area (Å²) >= 11 is 6.05. The zero-order chi connectivity index (χ0) is 14.7. The molecule has 0 saturated carbocycles. The van der Waals surface area contributed by atoms with Gasteiger partial charge in [0.2, 0.25) is 0 Å². The first-order chi connectivity index (χ1) is 9.54. The molecular weight excluding hydrogens is 280 g/mol. The van der Waals surface area contributed by atoms with Crippen LogP contribution in [0.25, 0.3) is 0 Å². The van der Waals surface area contributed by atoms with Crippen LogP contribution in [-0.2, 0) is 4.74 Å². The lowest BCUT2D eigenvalue weighted by Crippen LogP contribution is -2.50. The van der Waals surface area contributed by atoms with Crippen LogP contribution in [-0.4, -0.2) is 24.6 Å². The molecule has 0 aromatic heterocycles. The van der Waals surface area contributed by atoms with E-state index in [9.17, 15) is 9.59 Å². The molecule has 106 valence electrons. The van der Waals surface area contributed by atoms with E-state index in [0.717, 1.165) is 0 Å². The number of ether oxygens (including phenoxy) is 1. The maximum Gasteiger partial charge on any atom is 0.321 e. The van der Waals surface area contributed by atoms with Gasteiger partial charge in [-0.15, -0.1) is 0 Å². The van der Waals surface area contributed by atoms with Crippen molar-refractivity contribution < 1.29 is 14.3 Å². The molecule has 0 spiro atoms. The fraction of sp³-hybridized carbons (Fsp3) is 0.286. The minimum absolute atomic E-state index is 0.265. The number of urea groups is 1. The first kappa shape index (κ1) is 14.6. The van der Waals surface area contributed by atoms with E-state index in [0.29, 0.717) is 28.5 Å². The van der Waals surface area contributed by atoms with E-state index in [2.05, 4.69) is 10.6 Å². The summed E-state index contributed by atoms with van der Waals surface area (Å²) in [5.74, 6) is -0.265. The summed E-state index contributed by atoms with van der Waals surface area (Å²) in [5, 5.41) is 5.51. The molecule has 0 radical (unpaired) electrons. The second-order valence-corrected chi connectivity index (χ2v) is 4.69. The minimum Gasteiger partial charge on any atom is -0.354 e. The van der Waals surface area contributed by atoms with E-state index in [4.69, 9.17) is 16.3 Å². The van der Waals surface area contributed by atoms with Gasteiger partial charge < -0.3 is 15.4 Å². The molecule has 1 aromatic carbocycles. The van der Waals surface area contributed by atoms with E-state index >= 15 is 0 Å². The summed E-state index contributed by atoms with van der Waals surface area (Å²) in [7, 11) is 0. The summed E-state index contributed by atoms with van der Waals surface area (Å²) < 4.78 is 5.43. The molecule has 20 heavy (non-hydrogen) atoms. The SMILES string of the molecule is CCOC1NC(=O)NC(C)=C1C(=O)c1ccccc1Cl. The number of hydrogen-bond acceptors (Lipinski definition) is 3. The normalized spacial score (nSPS) is 18.6. The van der Waals surface area contributed by atoms with Gasteiger partial charge >= 0.3 is 6.03 Å². The van der Waals surface area contributed by atoms with Crippen molar-refractivity contribution in [1.82, 2.24) is 10.6 Å². The Morgan fingerprint density at radius 1 is 1.40 bits per heavy atom. The number of benzene rings is 1. The number of hydrogen-bond donors (Lipinski definition) is 2. The van der Waals surface area contributed by atoms with E-state index in [1.165, 1.54) is 0 Å². The van der Waals surface area contributed by atoms with Gasteiger partial charge in [0.15, 0.2) is 12.0 Å². The number of carbonyl (C=O) groups excluding carboxylic acids is 2. The third kappa shape index (κ3) is 2.84. The molecule has 0 bridgehead atoms. The van der Waals surface area contributed by atoms with Gasteiger partial charge in [-0.05, 0) is 26.0 Å². The Morgan fingerprint density at radius 2 is 2.10 bits per heavy atom. The number of amides is 2. The molecule has 1 unspecified atom stereocenters. The minimum atomic E-state index is -0.766. The van der Waals surface area contributed by atoms with Gasteiger partial charge in [-0.3, -0.25) is 4.79 Å². The van der Waals surface area contributed by atoms with E-state index in [1.807, 2.05) is 0 Å². The van der Waals surface area contributed by atoms with Gasteiger partial charge in [0.05, 0.1) is 10.6 Å². The lowest BCUT2D eigenvalue weighted by molar-refractivity contribution is 0.0607. The fourth-order valence-electron chi connectivity index (χ4n) is 2.03. The maximum atomic E-state index is 12.6. The zero-order valence-electron chi connectivity index (χ0n) is 11.2. The molecule has 5 nitrogen and oxygen atoms in total. The molecule has 1 heterocycles. The largest absolute Gasteiger partial charge is 0.354 e. The highest BCUT2D eigenvalue weighted by Crippen LogP contribution is 2.23.